The van der Waals surface area contributed by atoms with E-state index in [0.29, 0.717) is 15.7 Å². The first-order valence-electron chi connectivity index (χ1n) is 5.67. The Hall–Kier alpha value is -1.44. The van der Waals surface area contributed by atoms with Crippen LogP contribution < -0.4 is 10.6 Å². The predicted octanol–water partition coefficient (Wildman–Crippen LogP) is 2.85. The molecule has 0 aromatic heterocycles. The Morgan fingerprint density at radius 3 is 2.29 bits per heavy atom. The molecular formula is C12H12Cl2N2O4S. The largest absolute Gasteiger partial charge is 0.480 e. The SMILES string of the molecule is CC(=O)N[C@@H](CSC(=O)Nc1cc(Cl)cc(Cl)c1)C(=O)O. The maximum atomic E-state index is 11.7. The molecule has 9 heteroatoms. The summed E-state index contributed by atoms with van der Waals surface area (Å²) < 4.78 is 0. The van der Waals surface area contributed by atoms with Gasteiger partial charge in [0, 0.05) is 28.4 Å². The van der Waals surface area contributed by atoms with Gasteiger partial charge in [0.25, 0.3) is 5.24 Å². The second-order valence-electron chi connectivity index (χ2n) is 3.97. The lowest BCUT2D eigenvalue weighted by atomic mass is 10.3. The number of carbonyl (C=O) groups is 3. The molecule has 0 saturated carbocycles. The van der Waals surface area contributed by atoms with Crippen molar-refractivity contribution in [2.24, 2.45) is 0 Å². The van der Waals surface area contributed by atoms with Crippen LogP contribution in [0.25, 0.3) is 0 Å². The molecule has 6 nitrogen and oxygen atoms in total. The summed E-state index contributed by atoms with van der Waals surface area (Å²) in [6.45, 7) is 1.20. The smallest absolute Gasteiger partial charge is 0.327 e. The Kier molecular flexibility index (Phi) is 6.80. The van der Waals surface area contributed by atoms with Crippen LogP contribution in [0.3, 0.4) is 0 Å². The minimum atomic E-state index is -1.21. The molecule has 1 aromatic carbocycles. The number of thioether (sulfide) groups is 1. The van der Waals surface area contributed by atoms with Gasteiger partial charge in [0.1, 0.15) is 6.04 Å². The summed E-state index contributed by atoms with van der Waals surface area (Å²) in [5, 5.41) is 13.9. The number of hydrogen-bond acceptors (Lipinski definition) is 4. The molecule has 0 saturated heterocycles. The molecule has 114 valence electrons. The lowest BCUT2D eigenvalue weighted by Gasteiger charge is -2.12. The molecule has 0 aliphatic carbocycles. The Bertz CT molecular complexity index is 548. The van der Waals surface area contributed by atoms with Gasteiger partial charge in [-0.05, 0) is 18.2 Å². The Labute approximate surface area is 135 Å². The molecule has 21 heavy (non-hydrogen) atoms. The number of amides is 2. The second-order valence-corrected chi connectivity index (χ2v) is 5.84. The number of carbonyl (C=O) groups excluding carboxylic acids is 2. The molecule has 0 radical (unpaired) electrons. The minimum absolute atomic E-state index is 0.102. The van der Waals surface area contributed by atoms with Crippen molar-refractivity contribution < 1.29 is 19.5 Å². The minimum Gasteiger partial charge on any atom is -0.480 e. The second kappa shape index (κ2) is 8.11. The van der Waals surface area contributed by atoms with E-state index < -0.39 is 23.2 Å². The van der Waals surface area contributed by atoms with E-state index in [-0.39, 0.29) is 5.75 Å². The fraction of sp³-hybridized carbons (Fsp3) is 0.250. The van der Waals surface area contributed by atoms with Gasteiger partial charge >= 0.3 is 5.97 Å². The van der Waals surface area contributed by atoms with E-state index in [2.05, 4.69) is 10.6 Å². The highest BCUT2D eigenvalue weighted by atomic mass is 35.5. The average Bonchev–Trinajstić information content (AvgIpc) is 2.32. The van der Waals surface area contributed by atoms with Gasteiger partial charge < -0.3 is 15.7 Å². The summed E-state index contributed by atoms with van der Waals surface area (Å²) in [6.07, 6.45) is 0. The fourth-order valence-corrected chi connectivity index (χ4v) is 2.62. The molecule has 1 aromatic rings. The third-order valence-corrected chi connectivity index (χ3v) is 3.47. The van der Waals surface area contributed by atoms with Crippen LogP contribution in [0.1, 0.15) is 6.92 Å². The van der Waals surface area contributed by atoms with Crippen molar-refractivity contribution in [2.75, 3.05) is 11.1 Å². The Morgan fingerprint density at radius 2 is 1.81 bits per heavy atom. The first kappa shape index (κ1) is 17.6. The van der Waals surface area contributed by atoms with Crippen LogP contribution in [0.2, 0.25) is 10.0 Å². The van der Waals surface area contributed by atoms with Crippen molar-refractivity contribution in [3.63, 3.8) is 0 Å². The average molecular weight is 351 g/mol. The number of carboxylic acid groups (broad SMARTS) is 1. The highest BCUT2D eigenvalue weighted by Gasteiger charge is 2.20. The molecule has 0 aliphatic rings. The number of carboxylic acids is 1. The van der Waals surface area contributed by atoms with Crippen LogP contribution in [0.15, 0.2) is 18.2 Å². The molecule has 0 heterocycles. The third kappa shape index (κ3) is 6.70. The zero-order chi connectivity index (χ0) is 16.0. The van der Waals surface area contributed by atoms with Gasteiger partial charge in [0.2, 0.25) is 5.91 Å². The van der Waals surface area contributed by atoms with Crippen LogP contribution in [0, 0.1) is 0 Å². The molecule has 0 bridgehead atoms. The molecular weight excluding hydrogens is 339 g/mol. The molecule has 0 aliphatic heterocycles. The highest BCUT2D eigenvalue weighted by Crippen LogP contribution is 2.23. The predicted molar refractivity (Wildman–Crippen MR) is 83.2 cm³/mol. The normalized spacial score (nSPS) is 11.6. The Morgan fingerprint density at radius 1 is 1.24 bits per heavy atom. The van der Waals surface area contributed by atoms with Crippen LogP contribution in [-0.4, -0.2) is 34.0 Å². The highest BCUT2D eigenvalue weighted by molar-refractivity contribution is 8.13. The monoisotopic (exact) mass is 350 g/mol. The first-order chi connectivity index (χ1) is 9.77. The Balaban J connectivity index is 2.56. The lowest BCUT2D eigenvalue weighted by Crippen LogP contribution is -2.41. The van der Waals surface area contributed by atoms with E-state index in [0.717, 1.165) is 11.8 Å². The van der Waals surface area contributed by atoms with E-state index in [1.54, 1.807) is 0 Å². The number of aliphatic carboxylic acids is 1. The van der Waals surface area contributed by atoms with Gasteiger partial charge in [-0.15, -0.1) is 0 Å². The van der Waals surface area contributed by atoms with Gasteiger partial charge in [-0.3, -0.25) is 9.59 Å². The van der Waals surface area contributed by atoms with Crippen LogP contribution >= 0.6 is 35.0 Å². The van der Waals surface area contributed by atoms with E-state index in [4.69, 9.17) is 28.3 Å². The standard InChI is InChI=1S/C12H12Cl2N2O4S/c1-6(17)15-10(11(18)19)5-21-12(20)16-9-3-7(13)2-8(14)4-9/h2-4,10H,5H2,1H3,(H,15,17)(H,16,20)(H,18,19)/t10-/m0/s1. The van der Waals surface area contributed by atoms with Crippen LogP contribution in [-0.2, 0) is 9.59 Å². The summed E-state index contributed by atoms with van der Waals surface area (Å²) in [6, 6.07) is 3.40. The van der Waals surface area contributed by atoms with Crippen molar-refractivity contribution in [1.82, 2.24) is 5.32 Å². The fourth-order valence-electron chi connectivity index (χ4n) is 1.36. The van der Waals surface area contributed by atoms with E-state index in [9.17, 15) is 14.4 Å². The van der Waals surface area contributed by atoms with Crippen molar-refractivity contribution in [3.8, 4) is 0 Å². The summed E-state index contributed by atoms with van der Waals surface area (Å²) >= 11 is 12.3. The van der Waals surface area contributed by atoms with Gasteiger partial charge in [0.15, 0.2) is 0 Å². The molecule has 0 unspecified atom stereocenters. The van der Waals surface area contributed by atoms with Crippen LogP contribution in [0.4, 0.5) is 10.5 Å². The van der Waals surface area contributed by atoms with Gasteiger partial charge in [-0.1, -0.05) is 35.0 Å². The molecule has 1 atom stereocenters. The molecule has 1 rings (SSSR count). The van der Waals surface area contributed by atoms with E-state index in [1.807, 2.05) is 0 Å². The topological polar surface area (TPSA) is 95.5 Å². The number of halogens is 2. The molecule has 0 spiro atoms. The number of rotatable bonds is 5. The van der Waals surface area contributed by atoms with Gasteiger partial charge in [-0.25, -0.2) is 4.79 Å². The number of hydrogen-bond donors (Lipinski definition) is 3. The lowest BCUT2D eigenvalue weighted by molar-refractivity contribution is -0.140. The number of benzene rings is 1. The van der Waals surface area contributed by atoms with Crippen molar-refractivity contribution >= 4 is 57.8 Å². The van der Waals surface area contributed by atoms with Gasteiger partial charge in [-0.2, -0.15) is 0 Å². The quantitative estimate of drug-likeness (QED) is 0.758. The third-order valence-electron chi connectivity index (χ3n) is 2.17. The molecule has 2 amide bonds. The number of anilines is 1. The summed E-state index contributed by atoms with van der Waals surface area (Å²) in [4.78, 5) is 33.5. The molecule has 3 N–H and O–H groups in total. The zero-order valence-electron chi connectivity index (χ0n) is 10.9. The summed E-state index contributed by atoms with van der Waals surface area (Å²) in [5.74, 6) is -1.80. The zero-order valence-corrected chi connectivity index (χ0v) is 13.2. The maximum Gasteiger partial charge on any atom is 0.327 e. The van der Waals surface area contributed by atoms with E-state index in [1.165, 1.54) is 25.1 Å². The van der Waals surface area contributed by atoms with Gasteiger partial charge in [0.05, 0.1) is 0 Å². The molecule has 0 fully saturated rings. The van der Waals surface area contributed by atoms with E-state index >= 15 is 0 Å². The van der Waals surface area contributed by atoms with Crippen molar-refractivity contribution in [2.45, 2.75) is 13.0 Å². The maximum absolute atomic E-state index is 11.7. The first-order valence-corrected chi connectivity index (χ1v) is 7.42. The van der Waals surface area contributed by atoms with Crippen molar-refractivity contribution in [1.29, 1.82) is 0 Å². The summed E-state index contributed by atoms with van der Waals surface area (Å²) in [5.41, 5.74) is 0.399. The van der Waals surface area contributed by atoms with Crippen molar-refractivity contribution in [3.05, 3.63) is 28.2 Å². The number of nitrogens with one attached hydrogen (secondary N) is 2. The summed E-state index contributed by atoms with van der Waals surface area (Å²) in [7, 11) is 0. The van der Waals surface area contributed by atoms with Crippen LogP contribution in [0.5, 0.6) is 0 Å².